The third kappa shape index (κ3) is 4.72. The van der Waals surface area contributed by atoms with Crippen LogP contribution in [0.3, 0.4) is 0 Å². The molecule has 0 radical (unpaired) electrons. The Morgan fingerprint density at radius 1 is 0.972 bits per heavy atom. The lowest BCUT2D eigenvalue weighted by Crippen LogP contribution is -2.64. The summed E-state index contributed by atoms with van der Waals surface area (Å²) >= 11 is 0. The van der Waals surface area contributed by atoms with E-state index in [4.69, 9.17) is 13.9 Å². The van der Waals surface area contributed by atoms with Gasteiger partial charge in [-0.15, -0.1) is 0 Å². The lowest BCUT2D eigenvalue weighted by atomic mass is 9.84. The van der Waals surface area contributed by atoms with Crippen molar-refractivity contribution in [2.24, 2.45) is 0 Å². The maximum Gasteiger partial charge on any atom is 0.345 e. The van der Waals surface area contributed by atoms with E-state index in [1.165, 1.54) is 31.4 Å². The van der Waals surface area contributed by atoms with Crippen LogP contribution in [0, 0.1) is 0 Å². The van der Waals surface area contributed by atoms with Crippen LogP contribution in [0.1, 0.15) is 5.56 Å². The molecule has 200 valence electrons. The van der Waals surface area contributed by atoms with Gasteiger partial charge in [0.1, 0.15) is 41.3 Å². The minimum absolute atomic E-state index is 0. The van der Waals surface area contributed by atoms with Gasteiger partial charge in [-0.2, -0.15) is 0 Å². The van der Waals surface area contributed by atoms with Crippen molar-refractivity contribution in [2.45, 2.75) is 30.2 Å². The number of rotatable bonds is 4. The van der Waals surface area contributed by atoms with E-state index >= 15 is 0 Å². The standard InChI is InChI=1S/C22H22O11.3H2O/c1-31-10-3-4-11-14(7-10)32-21(29)17(16(11)9-2-5-12(24)13(25)6-9)22(30)20(28)19(27)18(26)15(8-23)33-22;;;/h2-7,15,18-20,23-28,30H,8H2,1H3;3*1H2/t15-,18+,19+,20-,22?;;;/m1.../s1. The fourth-order valence-electron chi connectivity index (χ4n) is 3.97. The molecular formula is C22H28O14. The Labute approximate surface area is 202 Å². The predicted octanol–water partition coefficient (Wildman–Crippen LogP) is -2.98. The fourth-order valence-corrected chi connectivity index (χ4v) is 3.97. The maximum absolute atomic E-state index is 13.1. The topological polar surface area (TPSA) is 285 Å². The van der Waals surface area contributed by atoms with Crippen LogP contribution < -0.4 is 10.4 Å². The first-order valence-electron chi connectivity index (χ1n) is 9.85. The minimum atomic E-state index is -2.93. The number of hydrogen-bond donors (Lipinski definition) is 7. The van der Waals surface area contributed by atoms with Crippen LogP contribution in [0.15, 0.2) is 45.6 Å². The lowest BCUT2D eigenvalue weighted by Gasteiger charge is -2.45. The number of methoxy groups -OCH3 is 1. The zero-order chi connectivity index (χ0) is 24.1. The second-order valence-electron chi connectivity index (χ2n) is 7.67. The normalized spacial score (nSPS) is 25.3. The van der Waals surface area contributed by atoms with Crippen LogP contribution in [0.5, 0.6) is 17.2 Å². The first kappa shape index (κ1) is 30.7. The first-order valence-corrected chi connectivity index (χ1v) is 9.85. The van der Waals surface area contributed by atoms with Crippen LogP contribution in [0.4, 0.5) is 0 Å². The highest BCUT2D eigenvalue weighted by molar-refractivity contribution is 5.96. The van der Waals surface area contributed by atoms with Crippen LogP contribution >= 0.6 is 0 Å². The van der Waals surface area contributed by atoms with Gasteiger partial charge in [-0.05, 0) is 29.8 Å². The van der Waals surface area contributed by atoms with E-state index in [1.807, 2.05) is 0 Å². The minimum Gasteiger partial charge on any atom is -0.504 e. The molecule has 0 spiro atoms. The average Bonchev–Trinajstić information content (AvgIpc) is 2.80. The van der Waals surface area contributed by atoms with Crippen LogP contribution in [-0.4, -0.2) is 90.3 Å². The fraction of sp³-hybridized carbons (Fsp3) is 0.318. The van der Waals surface area contributed by atoms with Gasteiger partial charge in [0.05, 0.1) is 13.7 Å². The zero-order valence-corrected chi connectivity index (χ0v) is 18.7. The maximum atomic E-state index is 13.1. The molecule has 1 aliphatic heterocycles. The Kier molecular flexibility index (Phi) is 9.53. The molecule has 1 aromatic heterocycles. The number of phenolic OH excluding ortho intramolecular Hbond substituents is 2. The van der Waals surface area contributed by atoms with Gasteiger partial charge in [-0.1, -0.05) is 6.07 Å². The van der Waals surface area contributed by atoms with E-state index in [-0.39, 0.29) is 38.5 Å². The second-order valence-corrected chi connectivity index (χ2v) is 7.67. The van der Waals surface area contributed by atoms with Crippen LogP contribution in [0.2, 0.25) is 0 Å². The molecule has 36 heavy (non-hydrogen) atoms. The van der Waals surface area contributed by atoms with Crippen molar-refractivity contribution in [1.29, 1.82) is 0 Å². The Balaban J connectivity index is 0.00000216. The monoisotopic (exact) mass is 516 g/mol. The third-order valence-corrected chi connectivity index (χ3v) is 5.70. The quantitative estimate of drug-likeness (QED) is 0.136. The molecule has 1 unspecified atom stereocenters. The highest BCUT2D eigenvalue weighted by atomic mass is 16.7. The van der Waals surface area contributed by atoms with Gasteiger partial charge in [0, 0.05) is 17.0 Å². The van der Waals surface area contributed by atoms with E-state index in [2.05, 4.69) is 0 Å². The number of benzene rings is 2. The van der Waals surface area contributed by atoms with Gasteiger partial charge in [-0.25, -0.2) is 4.79 Å². The van der Waals surface area contributed by atoms with Gasteiger partial charge in [-0.3, -0.25) is 0 Å². The Morgan fingerprint density at radius 2 is 1.64 bits per heavy atom. The summed E-state index contributed by atoms with van der Waals surface area (Å²) in [5.41, 5.74) is -1.73. The summed E-state index contributed by atoms with van der Waals surface area (Å²) in [7, 11) is 1.41. The van der Waals surface area contributed by atoms with Crippen molar-refractivity contribution in [2.75, 3.05) is 13.7 Å². The summed E-state index contributed by atoms with van der Waals surface area (Å²) in [6.07, 6.45) is -7.53. The molecule has 0 saturated carbocycles. The van der Waals surface area contributed by atoms with Crippen molar-refractivity contribution in [3.05, 3.63) is 52.4 Å². The highest BCUT2D eigenvalue weighted by Gasteiger charge is 2.56. The average molecular weight is 516 g/mol. The van der Waals surface area contributed by atoms with E-state index in [1.54, 1.807) is 0 Å². The molecule has 5 atom stereocenters. The molecule has 14 nitrogen and oxygen atoms in total. The SMILES string of the molecule is COc1ccc2c(-c3ccc(O)c(O)c3)c(C3(O)O[C@H](CO)[C@H](O)[C@H](O)[C@H]3O)c(=O)oc2c1.O.O.O. The van der Waals surface area contributed by atoms with Crippen molar-refractivity contribution >= 4 is 11.0 Å². The molecule has 1 aliphatic rings. The van der Waals surface area contributed by atoms with E-state index in [0.717, 1.165) is 12.1 Å². The molecule has 13 N–H and O–H groups in total. The molecule has 2 heterocycles. The molecule has 0 bridgehead atoms. The summed E-state index contributed by atoms with van der Waals surface area (Å²) in [5.74, 6) is -3.55. The largest absolute Gasteiger partial charge is 0.504 e. The first-order chi connectivity index (χ1) is 15.6. The number of hydrogen-bond acceptors (Lipinski definition) is 11. The van der Waals surface area contributed by atoms with Crippen molar-refractivity contribution in [1.82, 2.24) is 0 Å². The molecule has 2 aromatic carbocycles. The van der Waals surface area contributed by atoms with Crippen LogP contribution in [0.25, 0.3) is 22.1 Å². The predicted molar refractivity (Wildman–Crippen MR) is 123 cm³/mol. The highest BCUT2D eigenvalue weighted by Crippen LogP contribution is 2.43. The number of aliphatic hydroxyl groups is 5. The summed E-state index contributed by atoms with van der Waals surface area (Å²) < 4.78 is 15.8. The molecule has 0 aliphatic carbocycles. The summed E-state index contributed by atoms with van der Waals surface area (Å²) in [5, 5.41) is 71.8. The van der Waals surface area contributed by atoms with E-state index in [9.17, 15) is 40.5 Å². The van der Waals surface area contributed by atoms with Gasteiger partial charge in [0.15, 0.2) is 11.5 Å². The van der Waals surface area contributed by atoms with Crippen molar-refractivity contribution in [3.63, 3.8) is 0 Å². The number of phenols is 2. The van der Waals surface area contributed by atoms with Crippen LogP contribution in [-0.2, 0) is 10.5 Å². The molecule has 14 heteroatoms. The molecular weight excluding hydrogens is 488 g/mol. The molecule has 4 rings (SSSR count). The summed E-state index contributed by atoms with van der Waals surface area (Å²) in [6.45, 7) is -0.849. The molecule has 3 aromatic rings. The van der Waals surface area contributed by atoms with Crippen molar-refractivity contribution < 1.29 is 66.1 Å². The van der Waals surface area contributed by atoms with E-state index in [0.29, 0.717) is 5.75 Å². The summed E-state index contributed by atoms with van der Waals surface area (Å²) in [6, 6.07) is 8.03. The second kappa shape index (κ2) is 11.2. The lowest BCUT2D eigenvalue weighted by molar-refractivity contribution is -0.358. The Hall–Kier alpha value is -3.31. The number of ether oxygens (including phenoxy) is 2. The number of aliphatic hydroxyl groups excluding tert-OH is 4. The Morgan fingerprint density at radius 3 is 2.22 bits per heavy atom. The number of fused-ring (bicyclic) bond motifs is 1. The molecule has 0 amide bonds. The zero-order valence-electron chi connectivity index (χ0n) is 18.7. The smallest absolute Gasteiger partial charge is 0.345 e. The Bertz CT molecular complexity index is 1260. The van der Waals surface area contributed by atoms with Gasteiger partial charge >= 0.3 is 5.63 Å². The van der Waals surface area contributed by atoms with Gasteiger partial charge in [0.25, 0.3) is 0 Å². The molecule has 1 fully saturated rings. The van der Waals surface area contributed by atoms with Gasteiger partial charge in [0.2, 0.25) is 5.79 Å². The number of aromatic hydroxyl groups is 2. The third-order valence-electron chi connectivity index (χ3n) is 5.70. The van der Waals surface area contributed by atoms with E-state index < -0.39 is 59.5 Å². The molecule has 1 saturated heterocycles. The summed E-state index contributed by atoms with van der Waals surface area (Å²) in [4.78, 5) is 13.1. The van der Waals surface area contributed by atoms with Crippen molar-refractivity contribution in [3.8, 4) is 28.4 Å². The van der Waals surface area contributed by atoms with Gasteiger partial charge < -0.3 is 66.1 Å².